The highest BCUT2D eigenvalue weighted by Gasteiger charge is 2.58. The molecule has 0 radical (unpaired) electrons. The molecule has 4 atom stereocenters. The van der Waals surface area contributed by atoms with Gasteiger partial charge in [0.15, 0.2) is 0 Å². The van der Waals surface area contributed by atoms with E-state index in [4.69, 9.17) is 4.74 Å². The summed E-state index contributed by atoms with van der Waals surface area (Å²) in [6, 6.07) is 32.7. The number of carbonyl (C=O) groups excluding carboxylic acids is 2. The van der Waals surface area contributed by atoms with Crippen molar-refractivity contribution < 1.29 is 19.4 Å². The predicted molar refractivity (Wildman–Crippen MR) is 198 cm³/mol. The largest absolute Gasteiger partial charge is 0.507 e. The van der Waals surface area contributed by atoms with E-state index in [2.05, 4.69) is 72.5 Å². The Balaban J connectivity index is 1.000. The molecule has 1 aliphatic carbocycles. The molecule has 6 nitrogen and oxygen atoms in total. The molecule has 256 valence electrons. The van der Waals surface area contributed by atoms with Crippen LogP contribution in [0.2, 0.25) is 0 Å². The van der Waals surface area contributed by atoms with Crippen LogP contribution in [-0.4, -0.2) is 58.6 Å². The van der Waals surface area contributed by atoms with Gasteiger partial charge in [0.05, 0.1) is 24.5 Å². The van der Waals surface area contributed by atoms with Crippen LogP contribution in [0, 0.1) is 17.8 Å². The smallest absolute Gasteiger partial charge is 0.234 e. The van der Waals surface area contributed by atoms with Crippen molar-refractivity contribution in [2.75, 3.05) is 19.7 Å². The Bertz CT molecular complexity index is 1940. The first-order chi connectivity index (χ1) is 24.5. The van der Waals surface area contributed by atoms with E-state index in [1.54, 1.807) is 11.0 Å². The van der Waals surface area contributed by atoms with Gasteiger partial charge >= 0.3 is 0 Å². The summed E-state index contributed by atoms with van der Waals surface area (Å²) in [4.78, 5) is 32.4. The van der Waals surface area contributed by atoms with Crippen LogP contribution < -0.4 is 0 Å². The van der Waals surface area contributed by atoms with Crippen LogP contribution >= 0.6 is 0 Å². The van der Waals surface area contributed by atoms with Gasteiger partial charge < -0.3 is 9.84 Å². The number of allylic oxidation sites excluding steroid dienone is 2. The third-order valence-electron chi connectivity index (χ3n) is 11.7. The Morgan fingerprint density at radius 1 is 0.840 bits per heavy atom. The second kappa shape index (κ2) is 14.0. The van der Waals surface area contributed by atoms with E-state index in [0.717, 1.165) is 73.6 Å². The van der Waals surface area contributed by atoms with Crippen molar-refractivity contribution in [1.82, 2.24) is 9.80 Å². The number of phenolic OH excluding ortho intramolecular Hbond substituents is 1. The molecule has 4 aromatic carbocycles. The molecule has 3 saturated heterocycles. The van der Waals surface area contributed by atoms with Gasteiger partial charge in [0.1, 0.15) is 5.75 Å². The third kappa shape index (κ3) is 6.09. The van der Waals surface area contributed by atoms with Gasteiger partial charge in [-0.15, -0.1) is 0 Å². The molecule has 0 unspecified atom stereocenters. The lowest BCUT2D eigenvalue weighted by atomic mass is 9.69. The second-order valence-electron chi connectivity index (χ2n) is 14.5. The summed E-state index contributed by atoms with van der Waals surface area (Å²) >= 11 is 0. The van der Waals surface area contributed by atoms with Crippen molar-refractivity contribution in [1.29, 1.82) is 0 Å². The first-order valence-corrected chi connectivity index (χ1v) is 18.4. The van der Waals surface area contributed by atoms with E-state index >= 15 is 0 Å². The monoisotopic (exact) mass is 666 g/mol. The summed E-state index contributed by atoms with van der Waals surface area (Å²) in [5.74, 6) is -0.242. The number of ether oxygens (including phenoxy) is 1. The lowest BCUT2D eigenvalue weighted by molar-refractivity contribution is -0.144. The molecule has 0 spiro atoms. The number of amides is 2. The first-order valence-electron chi connectivity index (χ1n) is 18.4. The number of imide groups is 1. The average molecular weight is 667 g/mol. The van der Waals surface area contributed by atoms with E-state index in [1.807, 2.05) is 36.4 Å². The molecule has 6 heteroatoms. The van der Waals surface area contributed by atoms with Crippen molar-refractivity contribution in [3.8, 4) is 5.75 Å². The van der Waals surface area contributed by atoms with Gasteiger partial charge in [-0.05, 0) is 77.8 Å². The standard InChI is InChI=1S/C44H46N2O4/c1-2-30-26-37-42(44(49)46(43(37)48)34-21-23-45(24-22-34)27-29-11-5-3-6-12-29)38-28-50-40(41(30)38)20-18-32(31-13-7-4-8-14-31)25-33-17-19-39(47)36-16-10-9-15-35(33)36/h3-17,19,25,34,37-38,40,42,47H,2,18,20-24,26-28H2,1H3/b32-25-/t37-,38+,40-,42-/m1/s1. The summed E-state index contributed by atoms with van der Waals surface area (Å²) in [7, 11) is 0. The summed E-state index contributed by atoms with van der Waals surface area (Å²) in [5.41, 5.74) is 7.34. The van der Waals surface area contributed by atoms with Gasteiger partial charge in [0.25, 0.3) is 0 Å². The molecule has 3 fully saturated rings. The number of fused-ring (bicyclic) bond motifs is 4. The highest BCUT2D eigenvalue weighted by molar-refractivity contribution is 6.06. The van der Waals surface area contributed by atoms with Crippen LogP contribution in [0.4, 0.5) is 0 Å². The fraction of sp³-hybridized carbons (Fsp3) is 0.364. The molecule has 8 rings (SSSR count). The Hall–Kier alpha value is -4.52. The minimum Gasteiger partial charge on any atom is -0.507 e. The summed E-state index contributed by atoms with van der Waals surface area (Å²) in [5, 5.41) is 12.4. The number of phenols is 1. The van der Waals surface area contributed by atoms with Crippen LogP contribution in [0.15, 0.2) is 108 Å². The molecule has 0 saturated carbocycles. The molecule has 0 bridgehead atoms. The number of nitrogens with zero attached hydrogens (tertiary/aromatic N) is 2. The van der Waals surface area contributed by atoms with Gasteiger partial charge in [-0.3, -0.25) is 19.4 Å². The zero-order chi connectivity index (χ0) is 34.2. The number of rotatable bonds is 9. The van der Waals surface area contributed by atoms with Crippen molar-refractivity contribution in [3.63, 3.8) is 0 Å². The van der Waals surface area contributed by atoms with Gasteiger partial charge in [0.2, 0.25) is 11.8 Å². The normalized spacial score (nSPS) is 24.7. The number of benzene rings is 4. The van der Waals surface area contributed by atoms with Crippen LogP contribution in [0.3, 0.4) is 0 Å². The molecular formula is C44H46N2O4. The van der Waals surface area contributed by atoms with Gasteiger partial charge in [-0.1, -0.05) is 110 Å². The topological polar surface area (TPSA) is 70.1 Å². The highest BCUT2D eigenvalue weighted by Crippen LogP contribution is 2.51. The minimum atomic E-state index is -0.312. The van der Waals surface area contributed by atoms with Crippen LogP contribution in [0.5, 0.6) is 5.75 Å². The average Bonchev–Trinajstić information content (AvgIpc) is 3.69. The van der Waals surface area contributed by atoms with Crippen molar-refractivity contribution >= 4 is 34.2 Å². The lowest BCUT2D eigenvalue weighted by Gasteiger charge is -2.36. The number of likely N-dealkylation sites (tertiary alicyclic amines) is 2. The zero-order valence-corrected chi connectivity index (χ0v) is 28.8. The molecule has 4 aromatic rings. The summed E-state index contributed by atoms with van der Waals surface area (Å²) < 4.78 is 6.59. The lowest BCUT2D eigenvalue weighted by Crippen LogP contribution is -2.47. The molecule has 2 amide bonds. The molecule has 0 aromatic heterocycles. The fourth-order valence-electron chi connectivity index (χ4n) is 9.23. The van der Waals surface area contributed by atoms with Crippen LogP contribution in [0.25, 0.3) is 22.4 Å². The Morgan fingerprint density at radius 3 is 2.28 bits per heavy atom. The maximum Gasteiger partial charge on any atom is 0.234 e. The fourth-order valence-corrected chi connectivity index (χ4v) is 9.23. The Morgan fingerprint density at radius 2 is 1.54 bits per heavy atom. The maximum absolute atomic E-state index is 14.2. The predicted octanol–water partition coefficient (Wildman–Crippen LogP) is 8.26. The summed E-state index contributed by atoms with van der Waals surface area (Å²) in [6.45, 7) is 5.37. The molecule has 3 heterocycles. The molecule has 50 heavy (non-hydrogen) atoms. The quantitative estimate of drug-likeness (QED) is 0.111. The second-order valence-corrected chi connectivity index (χ2v) is 14.5. The van der Waals surface area contributed by atoms with E-state index in [1.165, 1.54) is 22.3 Å². The molecule has 3 aliphatic heterocycles. The molecular weight excluding hydrogens is 620 g/mol. The molecule has 1 N–H and O–H groups in total. The number of hydrogen-bond acceptors (Lipinski definition) is 5. The van der Waals surface area contributed by atoms with Gasteiger partial charge in [0, 0.05) is 37.0 Å². The SMILES string of the molecule is CCC1=C2[C@@H](CC/C(=C/c3ccc(O)c4ccccc34)c3ccccc3)OC[C@@H]2[C@@H]2C(=O)N(C3CCN(Cc4ccccc4)CC3)C(=O)[C@@H]2C1. The minimum absolute atomic E-state index is 0.0196. The van der Waals surface area contributed by atoms with E-state index < -0.39 is 0 Å². The Kier molecular flexibility index (Phi) is 9.15. The van der Waals surface area contributed by atoms with Crippen LogP contribution in [0.1, 0.15) is 62.1 Å². The van der Waals surface area contributed by atoms with Crippen molar-refractivity contribution in [2.45, 2.75) is 64.1 Å². The van der Waals surface area contributed by atoms with E-state index in [9.17, 15) is 14.7 Å². The van der Waals surface area contributed by atoms with Crippen molar-refractivity contribution in [2.24, 2.45) is 17.8 Å². The number of aromatic hydroxyl groups is 1. The number of piperidine rings is 1. The van der Waals surface area contributed by atoms with Gasteiger partial charge in [-0.2, -0.15) is 0 Å². The Labute approximate surface area is 295 Å². The van der Waals surface area contributed by atoms with Crippen LogP contribution in [-0.2, 0) is 20.9 Å². The van der Waals surface area contributed by atoms with E-state index in [-0.39, 0.29) is 47.5 Å². The third-order valence-corrected chi connectivity index (χ3v) is 11.7. The maximum atomic E-state index is 14.2. The molecule has 4 aliphatic rings. The van der Waals surface area contributed by atoms with E-state index in [0.29, 0.717) is 13.0 Å². The first kappa shape index (κ1) is 32.7. The number of carbonyl (C=O) groups is 2. The van der Waals surface area contributed by atoms with Crippen molar-refractivity contribution in [3.05, 3.63) is 125 Å². The number of hydrogen-bond donors (Lipinski definition) is 1. The van der Waals surface area contributed by atoms with Gasteiger partial charge in [-0.25, -0.2) is 0 Å². The zero-order valence-electron chi connectivity index (χ0n) is 28.8. The highest BCUT2D eigenvalue weighted by atomic mass is 16.5. The summed E-state index contributed by atoms with van der Waals surface area (Å²) in [6.07, 6.45) is 6.98.